The van der Waals surface area contributed by atoms with Crippen LogP contribution in [0.2, 0.25) is 0 Å². The Labute approximate surface area is 220 Å². The Bertz CT molecular complexity index is 1350. The van der Waals surface area contributed by atoms with E-state index < -0.39 is 5.92 Å². The molecule has 9 nitrogen and oxygen atoms in total. The third-order valence-electron chi connectivity index (χ3n) is 6.42. The van der Waals surface area contributed by atoms with Gasteiger partial charge in [0, 0.05) is 30.9 Å². The van der Waals surface area contributed by atoms with Crippen LogP contribution in [0.3, 0.4) is 0 Å². The number of fused-ring (bicyclic) bond motifs is 1. The Kier molecular flexibility index (Phi) is 7.17. The molecule has 0 unspecified atom stereocenters. The Balaban J connectivity index is 1.11. The fourth-order valence-electron chi connectivity index (χ4n) is 4.63. The van der Waals surface area contributed by atoms with Crippen molar-refractivity contribution in [3.05, 3.63) is 77.4 Å². The maximum atomic E-state index is 12.7. The zero-order valence-corrected chi connectivity index (χ0v) is 21.3. The fraction of sp³-hybridized carbons (Fsp3) is 0.276. The Morgan fingerprint density at radius 1 is 0.974 bits per heavy atom. The molecule has 2 heterocycles. The molecule has 2 N–H and O–H groups in total. The molecule has 0 radical (unpaired) electrons. The molecule has 2 aliphatic rings. The van der Waals surface area contributed by atoms with Gasteiger partial charge in [0.2, 0.25) is 18.6 Å². The molecule has 5 rings (SSSR count). The van der Waals surface area contributed by atoms with Crippen LogP contribution in [0.25, 0.3) is 0 Å². The number of carbonyl (C=O) groups excluding carboxylic acids is 3. The van der Waals surface area contributed by atoms with Gasteiger partial charge < -0.3 is 29.7 Å². The predicted molar refractivity (Wildman–Crippen MR) is 141 cm³/mol. The minimum atomic E-state index is -0.443. The normalized spacial score (nSPS) is 15.9. The number of nitrogens with one attached hydrogen (secondary N) is 2. The summed E-state index contributed by atoms with van der Waals surface area (Å²) in [5, 5.41) is 5.75. The number of hydrogen-bond donors (Lipinski definition) is 2. The molecular formula is C29H29N3O6. The van der Waals surface area contributed by atoms with E-state index in [9.17, 15) is 14.4 Å². The first kappa shape index (κ1) is 25.1. The van der Waals surface area contributed by atoms with Gasteiger partial charge in [0.05, 0.1) is 5.92 Å². The van der Waals surface area contributed by atoms with E-state index in [0.29, 0.717) is 36.0 Å². The van der Waals surface area contributed by atoms with Crippen LogP contribution in [0, 0.1) is 19.8 Å². The van der Waals surface area contributed by atoms with Gasteiger partial charge in [-0.1, -0.05) is 12.1 Å². The second-order valence-corrected chi connectivity index (χ2v) is 9.52. The predicted octanol–water partition coefficient (Wildman–Crippen LogP) is 3.72. The smallest absolute Gasteiger partial charge is 0.262 e. The number of rotatable bonds is 8. The highest BCUT2D eigenvalue weighted by molar-refractivity contribution is 6.00. The van der Waals surface area contributed by atoms with Crippen LogP contribution in [0.1, 0.15) is 23.1 Å². The standard InChI is InChI=1S/C29H29N3O6/c1-18-9-19(2)11-22(10-18)31-27(33)16-36-24-6-4-23(5-7-24)32-15-21(13-28(32)34)29(35)30-14-20-3-8-25-26(12-20)38-17-37-25/h3-12,21H,13-17H2,1-2H3,(H,30,35)(H,31,33)/t21-/m1/s1. The summed E-state index contributed by atoms with van der Waals surface area (Å²) in [5.74, 6) is 0.865. The first-order valence-corrected chi connectivity index (χ1v) is 12.4. The van der Waals surface area contributed by atoms with Gasteiger partial charge >= 0.3 is 0 Å². The zero-order valence-electron chi connectivity index (χ0n) is 21.3. The molecule has 3 amide bonds. The Morgan fingerprint density at radius 2 is 1.71 bits per heavy atom. The summed E-state index contributed by atoms with van der Waals surface area (Å²) in [6.45, 7) is 4.64. The van der Waals surface area contributed by atoms with Gasteiger partial charge in [-0.3, -0.25) is 14.4 Å². The first-order chi connectivity index (χ1) is 18.3. The fourth-order valence-corrected chi connectivity index (χ4v) is 4.63. The minimum absolute atomic E-state index is 0.116. The molecule has 1 fully saturated rings. The lowest BCUT2D eigenvalue weighted by Gasteiger charge is -2.17. The summed E-state index contributed by atoms with van der Waals surface area (Å²) >= 11 is 0. The van der Waals surface area contributed by atoms with Crippen molar-refractivity contribution in [1.82, 2.24) is 5.32 Å². The molecule has 3 aromatic carbocycles. The van der Waals surface area contributed by atoms with E-state index in [2.05, 4.69) is 10.6 Å². The van der Waals surface area contributed by atoms with E-state index in [4.69, 9.17) is 14.2 Å². The van der Waals surface area contributed by atoms with E-state index in [1.54, 1.807) is 29.2 Å². The maximum Gasteiger partial charge on any atom is 0.262 e. The summed E-state index contributed by atoms with van der Waals surface area (Å²) in [7, 11) is 0. The Morgan fingerprint density at radius 3 is 2.47 bits per heavy atom. The van der Waals surface area contributed by atoms with E-state index in [-0.39, 0.29) is 37.5 Å². The zero-order chi connectivity index (χ0) is 26.6. The summed E-state index contributed by atoms with van der Waals surface area (Å²) in [6.07, 6.45) is 0.143. The SMILES string of the molecule is Cc1cc(C)cc(NC(=O)COc2ccc(N3C[C@H](C(=O)NCc4ccc5c(c4)OCO5)CC3=O)cc2)c1. The average molecular weight is 516 g/mol. The number of carbonyl (C=O) groups is 3. The molecule has 38 heavy (non-hydrogen) atoms. The molecule has 1 saturated heterocycles. The number of benzene rings is 3. The summed E-state index contributed by atoms with van der Waals surface area (Å²) in [6, 6.07) is 18.3. The number of anilines is 2. The van der Waals surface area contributed by atoms with Crippen molar-refractivity contribution in [3.63, 3.8) is 0 Å². The van der Waals surface area contributed by atoms with Crippen LogP contribution in [0.4, 0.5) is 11.4 Å². The van der Waals surface area contributed by atoms with Gasteiger partial charge in [-0.15, -0.1) is 0 Å². The largest absolute Gasteiger partial charge is 0.484 e. The number of amides is 3. The average Bonchev–Trinajstić information content (AvgIpc) is 3.52. The lowest BCUT2D eigenvalue weighted by atomic mass is 10.1. The molecule has 0 saturated carbocycles. The second-order valence-electron chi connectivity index (χ2n) is 9.52. The number of nitrogens with zero attached hydrogens (tertiary/aromatic N) is 1. The molecule has 2 aliphatic heterocycles. The lowest BCUT2D eigenvalue weighted by molar-refractivity contribution is -0.126. The van der Waals surface area contributed by atoms with Crippen LogP contribution in [-0.2, 0) is 20.9 Å². The van der Waals surface area contributed by atoms with Crippen molar-refractivity contribution in [3.8, 4) is 17.2 Å². The third kappa shape index (κ3) is 5.88. The van der Waals surface area contributed by atoms with Gasteiger partial charge in [-0.05, 0) is 79.1 Å². The molecule has 0 spiro atoms. The van der Waals surface area contributed by atoms with E-state index in [1.807, 2.05) is 50.2 Å². The van der Waals surface area contributed by atoms with E-state index in [1.165, 1.54) is 0 Å². The van der Waals surface area contributed by atoms with Crippen molar-refractivity contribution in [2.24, 2.45) is 5.92 Å². The van der Waals surface area contributed by atoms with Crippen molar-refractivity contribution in [2.45, 2.75) is 26.8 Å². The molecule has 1 atom stereocenters. The summed E-state index contributed by atoms with van der Waals surface area (Å²) in [4.78, 5) is 39.3. The highest BCUT2D eigenvalue weighted by atomic mass is 16.7. The number of aryl methyl sites for hydroxylation is 2. The Hall–Kier alpha value is -4.53. The van der Waals surface area contributed by atoms with Gasteiger partial charge in [0.1, 0.15) is 5.75 Å². The highest BCUT2D eigenvalue weighted by Gasteiger charge is 2.35. The van der Waals surface area contributed by atoms with Gasteiger partial charge in [-0.25, -0.2) is 0 Å². The van der Waals surface area contributed by atoms with Gasteiger partial charge in [0.25, 0.3) is 5.91 Å². The van der Waals surface area contributed by atoms with E-state index in [0.717, 1.165) is 22.4 Å². The van der Waals surface area contributed by atoms with Gasteiger partial charge in [-0.2, -0.15) is 0 Å². The van der Waals surface area contributed by atoms with Crippen molar-refractivity contribution in [1.29, 1.82) is 0 Å². The molecule has 196 valence electrons. The van der Waals surface area contributed by atoms with Crippen LogP contribution in [0.5, 0.6) is 17.2 Å². The summed E-state index contributed by atoms with van der Waals surface area (Å²) < 4.78 is 16.3. The van der Waals surface area contributed by atoms with Crippen LogP contribution < -0.4 is 29.7 Å². The summed E-state index contributed by atoms with van der Waals surface area (Å²) in [5.41, 5.74) is 4.43. The number of ether oxygens (including phenoxy) is 3. The van der Waals surface area contributed by atoms with Crippen LogP contribution in [0.15, 0.2) is 60.7 Å². The molecule has 3 aromatic rings. The quantitative estimate of drug-likeness (QED) is 0.474. The molecule has 0 bridgehead atoms. The molecule has 0 aromatic heterocycles. The molecular weight excluding hydrogens is 486 g/mol. The van der Waals surface area contributed by atoms with Crippen molar-refractivity contribution >= 4 is 29.1 Å². The van der Waals surface area contributed by atoms with Gasteiger partial charge in [0.15, 0.2) is 18.1 Å². The van der Waals surface area contributed by atoms with Crippen LogP contribution in [-0.4, -0.2) is 37.7 Å². The highest BCUT2D eigenvalue weighted by Crippen LogP contribution is 2.32. The molecule has 9 heteroatoms. The lowest BCUT2D eigenvalue weighted by Crippen LogP contribution is -2.32. The first-order valence-electron chi connectivity index (χ1n) is 12.4. The minimum Gasteiger partial charge on any atom is -0.484 e. The second kappa shape index (κ2) is 10.8. The number of hydrogen-bond acceptors (Lipinski definition) is 6. The third-order valence-corrected chi connectivity index (χ3v) is 6.42. The molecule has 0 aliphatic carbocycles. The van der Waals surface area contributed by atoms with E-state index >= 15 is 0 Å². The van der Waals surface area contributed by atoms with Crippen LogP contribution >= 0.6 is 0 Å². The van der Waals surface area contributed by atoms with Crippen molar-refractivity contribution in [2.75, 3.05) is 30.2 Å². The van der Waals surface area contributed by atoms with Crippen molar-refractivity contribution < 1.29 is 28.6 Å². The topological polar surface area (TPSA) is 106 Å². The monoisotopic (exact) mass is 515 g/mol. The maximum absolute atomic E-state index is 12.7.